The minimum Gasteiger partial charge on any atom is -0.507 e. The van der Waals surface area contributed by atoms with Gasteiger partial charge in [-0.25, -0.2) is 0 Å². The lowest BCUT2D eigenvalue weighted by Gasteiger charge is -2.26. The van der Waals surface area contributed by atoms with Gasteiger partial charge in [-0.3, -0.25) is 9.59 Å². The number of methoxy groups -OCH3 is 3. The molecule has 1 heterocycles. The minimum absolute atomic E-state index is 0.0365. The predicted octanol–water partition coefficient (Wildman–Crippen LogP) is 4.46. The fourth-order valence-electron chi connectivity index (χ4n) is 4.14. The molecule has 0 radical (unpaired) electrons. The summed E-state index contributed by atoms with van der Waals surface area (Å²) in [5.74, 6) is -0.767. The maximum absolute atomic E-state index is 13.2. The number of carbonyl (C=O) groups excluding carboxylic acids is 2. The lowest BCUT2D eigenvalue weighted by Crippen LogP contribution is -2.31. The number of ether oxygens (including phenoxy) is 3. The van der Waals surface area contributed by atoms with Crippen LogP contribution in [0.25, 0.3) is 5.76 Å². The topological polar surface area (TPSA) is 85.3 Å². The van der Waals surface area contributed by atoms with Crippen molar-refractivity contribution in [3.05, 3.63) is 64.7 Å². The predicted molar refractivity (Wildman–Crippen MR) is 130 cm³/mol. The van der Waals surface area contributed by atoms with Gasteiger partial charge in [-0.15, -0.1) is 0 Å². The van der Waals surface area contributed by atoms with E-state index in [4.69, 9.17) is 14.2 Å². The fourth-order valence-corrected chi connectivity index (χ4v) is 4.14. The number of Topliss-reactive ketones (excluding diaryl/α,β-unsaturated/α-hetero) is 1. The summed E-state index contributed by atoms with van der Waals surface area (Å²) in [4.78, 5) is 27.7. The summed E-state index contributed by atoms with van der Waals surface area (Å²) in [6.07, 6.45) is 0.562. The van der Waals surface area contributed by atoms with E-state index >= 15 is 0 Å². The molecule has 1 aliphatic heterocycles. The zero-order valence-corrected chi connectivity index (χ0v) is 20.7. The second-order valence-electron chi connectivity index (χ2n) is 9.28. The number of hydrogen-bond acceptors (Lipinski definition) is 6. The average molecular weight is 468 g/mol. The van der Waals surface area contributed by atoms with Crippen LogP contribution in [-0.4, -0.2) is 56.2 Å². The Hall–Kier alpha value is -3.32. The summed E-state index contributed by atoms with van der Waals surface area (Å²) >= 11 is 0. The molecule has 1 fully saturated rings. The molecule has 1 aliphatic rings. The Morgan fingerprint density at radius 2 is 1.68 bits per heavy atom. The quantitative estimate of drug-likeness (QED) is 0.267. The van der Waals surface area contributed by atoms with Crippen molar-refractivity contribution in [1.29, 1.82) is 0 Å². The molecule has 7 nitrogen and oxygen atoms in total. The Bertz CT molecular complexity index is 1080. The van der Waals surface area contributed by atoms with E-state index in [0.717, 1.165) is 11.1 Å². The Morgan fingerprint density at radius 3 is 2.24 bits per heavy atom. The molecule has 0 saturated carbocycles. The number of benzene rings is 2. The van der Waals surface area contributed by atoms with Crippen molar-refractivity contribution in [3.8, 4) is 11.5 Å². The molecule has 1 amide bonds. The average Bonchev–Trinajstić information content (AvgIpc) is 3.07. The summed E-state index contributed by atoms with van der Waals surface area (Å²) in [7, 11) is 4.59. The summed E-state index contributed by atoms with van der Waals surface area (Å²) in [6.45, 7) is 7.13. The van der Waals surface area contributed by atoms with E-state index in [1.807, 2.05) is 24.3 Å². The molecular weight excluding hydrogens is 434 g/mol. The summed E-state index contributed by atoms with van der Waals surface area (Å²) < 4.78 is 15.8. The van der Waals surface area contributed by atoms with Crippen molar-refractivity contribution in [2.45, 2.75) is 38.6 Å². The summed E-state index contributed by atoms with van der Waals surface area (Å²) in [5.41, 5.74) is 2.18. The third-order valence-corrected chi connectivity index (χ3v) is 6.04. The maximum Gasteiger partial charge on any atom is 0.295 e. The second-order valence-corrected chi connectivity index (χ2v) is 9.28. The van der Waals surface area contributed by atoms with Crippen LogP contribution in [0.3, 0.4) is 0 Å². The van der Waals surface area contributed by atoms with E-state index in [0.29, 0.717) is 36.6 Å². The van der Waals surface area contributed by atoms with Crippen molar-refractivity contribution < 1.29 is 28.9 Å². The van der Waals surface area contributed by atoms with Crippen molar-refractivity contribution in [3.63, 3.8) is 0 Å². The Morgan fingerprint density at radius 1 is 1.00 bits per heavy atom. The first-order valence-electron chi connectivity index (χ1n) is 11.2. The molecule has 3 rings (SSSR count). The van der Waals surface area contributed by atoms with Crippen LogP contribution >= 0.6 is 0 Å². The van der Waals surface area contributed by atoms with Gasteiger partial charge in [0.2, 0.25) is 0 Å². The van der Waals surface area contributed by atoms with Crippen molar-refractivity contribution >= 4 is 17.4 Å². The van der Waals surface area contributed by atoms with Crippen LogP contribution in [0.4, 0.5) is 0 Å². The monoisotopic (exact) mass is 467 g/mol. The molecule has 2 aromatic carbocycles. The van der Waals surface area contributed by atoms with Gasteiger partial charge in [0.1, 0.15) is 17.3 Å². The molecule has 1 saturated heterocycles. The van der Waals surface area contributed by atoms with E-state index in [2.05, 4.69) is 20.8 Å². The zero-order chi connectivity index (χ0) is 25.0. The minimum atomic E-state index is -0.724. The smallest absolute Gasteiger partial charge is 0.295 e. The number of nitrogens with zero attached hydrogens (tertiary/aromatic N) is 1. The Balaban J connectivity index is 2.16. The summed E-state index contributed by atoms with van der Waals surface area (Å²) in [6, 6.07) is 12.0. The van der Waals surface area contributed by atoms with Crippen molar-refractivity contribution in [2.75, 3.05) is 34.5 Å². The molecule has 1 atom stereocenters. The normalized spacial score (nSPS) is 17.8. The molecule has 0 bridgehead atoms. The van der Waals surface area contributed by atoms with Gasteiger partial charge >= 0.3 is 0 Å². The lowest BCUT2D eigenvalue weighted by atomic mass is 9.85. The molecule has 0 aliphatic carbocycles. The van der Waals surface area contributed by atoms with Crippen LogP contribution in [0.5, 0.6) is 11.5 Å². The van der Waals surface area contributed by atoms with E-state index in [9.17, 15) is 14.7 Å². The van der Waals surface area contributed by atoms with Crippen molar-refractivity contribution in [1.82, 2.24) is 4.90 Å². The first-order valence-corrected chi connectivity index (χ1v) is 11.2. The molecule has 1 N–H and O–H groups in total. The summed E-state index contributed by atoms with van der Waals surface area (Å²) in [5, 5.41) is 11.3. The number of carbonyl (C=O) groups is 2. The molecule has 1 unspecified atom stereocenters. The molecular formula is C27H33NO6. The number of amides is 1. The molecule has 7 heteroatoms. The lowest BCUT2D eigenvalue weighted by molar-refractivity contribution is -0.140. The van der Waals surface area contributed by atoms with Crippen LogP contribution in [-0.2, 0) is 19.7 Å². The highest BCUT2D eigenvalue weighted by atomic mass is 16.5. The largest absolute Gasteiger partial charge is 0.507 e. The number of aliphatic hydroxyl groups excluding tert-OH is 1. The van der Waals surface area contributed by atoms with Crippen LogP contribution in [0.2, 0.25) is 0 Å². The molecule has 34 heavy (non-hydrogen) atoms. The number of aliphatic hydroxyl groups is 1. The van der Waals surface area contributed by atoms with Gasteiger partial charge in [0.15, 0.2) is 0 Å². The highest BCUT2D eigenvalue weighted by molar-refractivity contribution is 6.46. The van der Waals surface area contributed by atoms with E-state index in [-0.39, 0.29) is 16.7 Å². The van der Waals surface area contributed by atoms with Gasteiger partial charge in [-0.1, -0.05) is 45.0 Å². The van der Waals surface area contributed by atoms with Gasteiger partial charge in [0, 0.05) is 26.3 Å². The van der Waals surface area contributed by atoms with E-state index < -0.39 is 17.7 Å². The van der Waals surface area contributed by atoms with Gasteiger partial charge in [0.05, 0.1) is 31.4 Å². The standard InChI is InChI=1S/C27H33NO6/c1-27(2,3)18-10-8-17(9-11-18)23-22(25(30)26(31)28(23)14-7-15-32-4)24(29)20-13-12-19(33-5)16-21(20)34-6/h8-13,16,23,29H,7,14-15H2,1-6H3/b24-22-. The van der Waals surface area contributed by atoms with Gasteiger partial charge in [0.25, 0.3) is 11.7 Å². The number of rotatable bonds is 8. The van der Waals surface area contributed by atoms with Crippen LogP contribution in [0.15, 0.2) is 48.0 Å². The third-order valence-electron chi connectivity index (χ3n) is 6.04. The Labute approximate surface area is 200 Å². The first kappa shape index (κ1) is 25.3. The van der Waals surface area contributed by atoms with Crippen molar-refractivity contribution in [2.24, 2.45) is 0 Å². The molecule has 0 spiro atoms. The SMILES string of the molecule is COCCCN1C(=O)C(=O)/C(=C(\O)c2ccc(OC)cc2OC)C1c1ccc(C(C)(C)C)cc1. The third kappa shape index (κ3) is 4.94. The van der Waals surface area contributed by atoms with E-state index in [1.54, 1.807) is 25.3 Å². The van der Waals surface area contributed by atoms with Crippen LogP contribution < -0.4 is 9.47 Å². The number of ketones is 1. The second kappa shape index (κ2) is 10.3. The zero-order valence-electron chi connectivity index (χ0n) is 20.7. The van der Waals surface area contributed by atoms with Gasteiger partial charge < -0.3 is 24.2 Å². The highest BCUT2D eigenvalue weighted by Gasteiger charge is 2.46. The molecule has 182 valence electrons. The van der Waals surface area contributed by atoms with E-state index in [1.165, 1.54) is 19.1 Å². The van der Waals surface area contributed by atoms with Crippen LogP contribution in [0.1, 0.15) is 49.9 Å². The number of likely N-dealkylation sites (tertiary alicyclic amines) is 1. The molecule has 2 aromatic rings. The van der Waals surface area contributed by atoms with Crippen LogP contribution in [0, 0.1) is 0 Å². The Kier molecular flexibility index (Phi) is 7.67. The highest BCUT2D eigenvalue weighted by Crippen LogP contribution is 2.42. The number of hydrogen-bond donors (Lipinski definition) is 1. The maximum atomic E-state index is 13.2. The fraction of sp³-hybridized carbons (Fsp3) is 0.407. The molecule has 0 aromatic heterocycles. The van der Waals surface area contributed by atoms with Gasteiger partial charge in [-0.2, -0.15) is 0 Å². The van der Waals surface area contributed by atoms with Gasteiger partial charge in [-0.05, 0) is 35.1 Å². The first-order chi connectivity index (χ1) is 16.1.